The van der Waals surface area contributed by atoms with Crippen LogP contribution in [-0.2, 0) is 6.61 Å². The summed E-state index contributed by atoms with van der Waals surface area (Å²) in [6.07, 6.45) is 0. The summed E-state index contributed by atoms with van der Waals surface area (Å²) in [5, 5.41) is 3.48. The van der Waals surface area contributed by atoms with Crippen molar-refractivity contribution in [2.24, 2.45) is 0 Å². The van der Waals surface area contributed by atoms with Gasteiger partial charge >= 0.3 is 0 Å². The van der Waals surface area contributed by atoms with Crippen molar-refractivity contribution in [2.45, 2.75) is 6.61 Å². The van der Waals surface area contributed by atoms with E-state index in [9.17, 15) is 4.79 Å². The highest BCUT2D eigenvalue weighted by molar-refractivity contribution is 9.10. The van der Waals surface area contributed by atoms with E-state index in [1.807, 2.05) is 24.3 Å². The molecule has 0 spiro atoms. The fraction of sp³-hybridized carbons (Fsp3) is 0.0556. The molecular formula is C18H12BrCl2NO3. The summed E-state index contributed by atoms with van der Waals surface area (Å²) >= 11 is 15.1. The van der Waals surface area contributed by atoms with Crippen LogP contribution in [0.5, 0.6) is 5.75 Å². The summed E-state index contributed by atoms with van der Waals surface area (Å²) in [6, 6.07) is 15.6. The summed E-state index contributed by atoms with van der Waals surface area (Å²) in [4.78, 5) is 12.2. The molecule has 0 fully saturated rings. The monoisotopic (exact) mass is 439 g/mol. The summed E-state index contributed by atoms with van der Waals surface area (Å²) in [7, 11) is 0. The molecule has 128 valence electrons. The van der Waals surface area contributed by atoms with Gasteiger partial charge in [-0.2, -0.15) is 0 Å². The number of furan rings is 1. The fourth-order valence-corrected chi connectivity index (χ4v) is 2.59. The van der Waals surface area contributed by atoms with Crippen LogP contribution in [0.25, 0.3) is 0 Å². The SMILES string of the molecule is O=C(Nc1ccc(Cl)c(Cl)c1)c1ccc(COc2ccc(Br)cc2)o1. The number of carbonyl (C=O) groups is 1. The molecule has 4 nitrogen and oxygen atoms in total. The van der Waals surface area contributed by atoms with Crippen molar-refractivity contribution in [1.29, 1.82) is 0 Å². The maximum absolute atomic E-state index is 12.2. The Labute approximate surface area is 162 Å². The zero-order valence-electron chi connectivity index (χ0n) is 12.8. The van der Waals surface area contributed by atoms with E-state index in [-0.39, 0.29) is 18.3 Å². The van der Waals surface area contributed by atoms with Gasteiger partial charge in [0.2, 0.25) is 0 Å². The Bertz CT molecular complexity index is 894. The maximum Gasteiger partial charge on any atom is 0.291 e. The van der Waals surface area contributed by atoms with Crippen LogP contribution in [0.15, 0.2) is 63.5 Å². The molecule has 1 aromatic heterocycles. The lowest BCUT2D eigenvalue weighted by atomic mass is 10.3. The average molecular weight is 441 g/mol. The van der Waals surface area contributed by atoms with Crippen molar-refractivity contribution < 1.29 is 13.9 Å². The molecular weight excluding hydrogens is 429 g/mol. The molecule has 2 aromatic carbocycles. The van der Waals surface area contributed by atoms with Gasteiger partial charge in [0.25, 0.3) is 5.91 Å². The van der Waals surface area contributed by atoms with Crippen LogP contribution in [0.2, 0.25) is 10.0 Å². The lowest BCUT2D eigenvalue weighted by molar-refractivity contribution is 0.0992. The van der Waals surface area contributed by atoms with Gasteiger partial charge in [0.1, 0.15) is 18.1 Å². The van der Waals surface area contributed by atoms with Crippen LogP contribution < -0.4 is 10.1 Å². The number of rotatable bonds is 5. The molecule has 7 heteroatoms. The predicted octanol–water partition coefficient (Wildman–Crippen LogP) is 6.18. The molecule has 0 atom stereocenters. The van der Waals surface area contributed by atoms with Gasteiger partial charge in [0.05, 0.1) is 10.0 Å². The quantitative estimate of drug-likeness (QED) is 0.515. The Kier molecular flexibility index (Phi) is 5.68. The van der Waals surface area contributed by atoms with Gasteiger partial charge in [-0.15, -0.1) is 0 Å². The van der Waals surface area contributed by atoms with Crippen LogP contribution in [-0.4, -0.2) is 5.91 Å². The number of benzene rings is 2. The van der Waals surface area contributed by atoms with Crippen molar-refractivity contribution in [2.75, 3.05) is 5.32 Å². The van der Waals surface area contributed by atoms with Crippen LogP contribution in [0, 0.1) is 0 Å². The smallest absolute Gasteiger partial charge is 0.291 e. The highest BCUT2D eigenvalue weighted by atomic mass is 79.9. The van der Waals surface area contributed by atoms with Gasteiger partial charge < -0.3 is 14.5 Å². The van der Waals surface area contributed by atoms with Crippen molar-refractivity contribution >= 4 is 50.7 Å². The standard InChI is InChI=1S/C18H12BrCl2NO3/c19-11-1-4-13(5-2-11)24-10-14-6-8-17(25-14)18(23)22-12-3-7-15(20)16(21)9-12/h1-9H,10H2,(H,22,23). The van der Waals surface area contributed by atoms with E-state index in [1.54, 1.807) is 30.3 Å². The molecule has 3 rings (SSSR count). The Morgan fingerprint density at radius 1 is 1.04 bits per heavy atom. The molecule has 0 unspecified atom stereocenters. The van der Waals surface area contributed by atoms with E-state index in [0.29, 0.717) is 27.2 Å². The first-order valence-electron chi connectivity index (χ1n) is 7.25. The minimum Gasteiger partial charge on any atom is -0.486 e. The van der Waals surface area contributed by atoms with Crippen molar-refractivity contribution in [1.82, 2.24) is 0 Å². The van der Waals surface area contributed by atoms with Gasteiger partial charge in [0, 0.05) is 10.2 Å². The number of hydrogen-bond acceptors (Lipinski definition) is 3. The molecule has 0 saturated carbocycles. The molecule has 1 heterocycles. The second-order valence-electron chi connectivity index (χ2n) is 5.09. The minimum atomic E-state index is -0.381. The number of halogens is 3. The summed E-state index contributed by atoms with van der Waals surface area (Å²) in [5.41, 5.74) is 0.531. The second-order valence-corrected chi connectivity index (χ2v) is 6.82. The number of ether oxygens (including phenoxy) is 1. The molecule has 0 saturated heterocycles. The third kappa shape index (κ3) is 4.78. The summed E-state index contributed by atoms with van der Waals surface area (Å²) in [6.45, 7) is 0.224. The predicted molar refractivity (Wildman–Crippen MR) is 102 cm³/mol. The maximum atomic E-state index is 12.2. The molecule has 1 N–H and O–H groups in total. The summed E-state index contributed by atoms with van der Waals surface area (Å²) in [5.74, 6) is 1.05. The van der Waals surface area contributed by atoms with Gasteiger partial charge in [-0.05, 0) is 54.6 Å². The van der Waals surface area contributed by atoms with Gasteiger partial charge in [-0.1, -0.05) is 39.1 Å². The van der Waals surface area contributed by atoms with Crippen molar-refractivity contribution in [3.63, 3.8) is 0 Å². The number of anilines is 1. The van der Waals surface area contributed by atoms with Crippen LogP contribution in [0.3, 0.4) is 0 Å². The van der Waals surface area contributed by atoms with Crippen LogP contribution in [0.1, 0.15) is 16.3 Å². The minimum absolute atomic E-state index is 0.181. The Balaban J connectivity index is 1.61. The molecule has 25 heavy (non-hydrogen) atoms. The van der Waals surface area contributed by atoms with E-state index in [4.69, 9.17) is 32.4 Å². The highest BCUT2D eigenvalue weighted by Gasteiger charge is 2.12. The number of hydrogen-bond donors (Lipinski definition) is 1. The molecule has 0 aliphatic heterocycles. The summed E-state index contributed by atoms with van der Waals surface area (Å²) < 4.78 is 12.1. The lowest BCUT2D eigenvalue weighted by Crippen LogP contribution is -2.10. The normalized spacial score (nSPS) is 10.5. The van der Waals surface area contributed by atoms with E-state index in [2.05, 4.69) is 21.2 Å². The lowest BCUT2D eigenvalue weighted by Gasteiger charge is -2.05. The largest absolute Gasteiger partial charge is 0.486 e. The van der Waals surface area contributed by atoms with Crippen LogP contribution in [0.4, 0.5) is 5.69 Å². The topological polar surface area (TPSA) is 51.5 Å². The van der Waals surface area contributed by atoms with E-state index in [1.165, 1.54) is 0 Å². The molecule has 0 radical (unpaired) electrons. The first kappa shape index (κ1) is 17.9. The molecule has 0 bridgehead atoms. The number of carbonyl (C=O) groups excluding carboxylic acids is 1. The molecule has 0 aliphatic rings. The number of nitrogens with one attached hydrogen (secondary N) is 1. The Morgan fingerprint density at radius 2 is 1.80 bits per heavy atom. The van der Waals surface area contributed by atoms with E-state index < -0.39 is 0 Å². The van der Waals surface area contributed by atoms with Gasteiger partial charge in [-0.3, -0.25) is 4.79 Å². The molecule has 3 aromatic rings. The van der Waals surface area contributed by atoms with E-state index >= 15 is 0 Å². The fourth-order valence-electron chi connectivity index (χ4n) is 2.03. The van der Waals surface area contributed by atoms with Crippen LogP contribution >= 0.6 is 39.1 Å². The molecule has 0 aliphatic carbocycles. The third-order valence-electron chi connectivity index (χ3n) is 3.26. The van der Waals surface area contributed by atoms with Crippen molar-refractivity contribution in [3.8, 4) is 5.75 Å². The zero-order valence-corrected chi connectivity index (χ0v) is 15.9. The zero-order chi connectivity index (χ0) is 17.8. The van der Waals surface area contributed by atoms with Crippen molar-refractivity contribution in [3.05, 3.63) is 80.6 Å². The Morgan fingerprint density at radius 3 is 2.52 bits per heavy atom. The third-order valence-corrected chi connectivity index (χ3v) is 4.53. The highest BCUT2D eigenvalue weighted by Crippen LogP contribution is 2.25. The number of amides is 1. The average Bonchev–Trinajstić information content (AvgIpc) is 3.07. The molecule has 1 amide bonds. The van der Waals surface area contributed by atoms with Gasteiger partial charge in [0.15, 0.2) is 5.76 Å². The van der Waals surface area contributed by atoms with Gasteiger partial charge in [-0.25, -0.2) is 0 Å². The first-order chi connectivity index (χ1) is 12.0. The first-order valence-corrected chi connectivity index (χ1v) is 8.79. The Hall–Kier alpha value is -1.95. The second kappa shape index (κ2) is 7.95. The van der Waals surface area contributed by atoms with E-state index in [0.717, 1.165) is 4.47 Å².